The Labute approximate surface area is 238 Å². The van der Waals surface area contributed by atoms with Gasteiger partial charge in [0.1, 0.15) is 15.8 Å². The molecule has 0 unspecified atom stereocenters. The maximum atomic E-state index is 13.8. The number of hydrogen-bond acceptors (Lipinski definition) is 10. The van der Waals surface area contributed by atoms with Gasteiger partial charge in [-0.3, -0.25) is 14.5 Å². The van der Waals surface area contributed by atoms with Crippen molar-refractivity contribution in [3.05, 3.63) is 58.5 Å². The van der Waals surface area contributed by atoms with Crippen LogP contribution in [0.5, 0.6) is 11.5 Å². The summed E-state index contributed by atoms with van der Waals surface area (Å²) in [5.74, 6) is 1.65. The number of thiocarbonyl (C=S) groups is 1. The molecule has 0 atom stereocenters. The molecule has 3 aliphatic rings. The minimum atomic E-state index is -0.658. The summed E-state index contributed by atoms with van der Waals surface area (Å²) in [7, 11) is 3.19. The molecule has 9 nitrogen and oxygen atoms in total. The highest BCUT2D eigenvalue weighted by atomic mass is 32.2. The molecule has 1 aromatic heterocycles. The van der Waals surface area contributed by atoms with Crippen LogP contribution < -0.4 is 19.7 Å². The molecule has 2 amide bonds. The van der Waals surface area contributed by atoms with Crippen molar-refractivity contribution < 1.29 is 23.5 Å². The SMILES string of the molecule is COc1ccc(-c2nnc(SCC3=CC(C)(C)N4C(=O)/C(=C5\SC(=S)NC5=O)c5cc(OC)cc3c54)o2)cc1. The molecule has 39 heavy (non-hydrogen) atoms. The second-order valence-electron chi connectivity index (χ2n) is 9.47. The van der Waals surface area contributed by atoms with Crippen molar-refractivity contribution >= 4 is 68.7 Å². The van der Waals surface area contributed by atoms with Gasteiger partial charge in [-0.2, -0.15) is 0 Å². The first-order valence-corrected chi connectivity index (χ1v) is 14.1. The van der Waals surface area contributed by atoms with Gasteiger partial charge in [-0.15, -0.1) is 10.2 Å². The molecule has 1 saturated heterocycles. The van der Waals surface area contributed by atoms with E-state index in [1.807, 2.05) is 44.2 Å². The second-order valence-corrected chi connectivity index (χ2v) is 12.1. The van der Waals surface area contributed by atoms with Gasteiger partial charge < -0.3 is 19.2 Å². The summed E-state index contributed by atoms with van der Waals surface area (Å²) >= 11 is 7.70. The lowest BCUT2D eigenvalue weighted by Gasteiger charge is -2.39. The third-order valence-electron chi connectivity index (χ3n) is 6.62. The van der Waals surface area contributed by atoms with E-state index in [4.69, 9.17) is 26.1 Å². The Hall–Kier alpha value is -3.61. The number of nitrogens with zero attached hydrogens (tertiary/aromatic N) is 3. The monoisotopic (exact) mass is 578 g/mol. The number of amides is 2. The van der Waals surface area contributed by atoms with Gasteiger partial charge in [-0.05, 0) is 55.8 Å². The van der Waals surface area contributed by atoms with E-state index in [2.05, 4.69) is 21.6 Å². The molecule has 6 rings (SSSR count). The molecule has 3 aliphatic heterocycles. The van der Waals surface area contributed by atoms with E-state index in [1.54, 1.807) is 25.2 Å². The molecule has 1 N–H and O–H groups in total. The normalized spacial score (nSPS) is 19.2. The highest BCUT2D eigenvalue weighted by molar-refractivity contribution is 8.27. The maximum absolute atomic E-state index is 13.8. The molecule has 1 fully saturated rings. The largest absolute Gasteiger partial charge is 0.497 e. The van der Waals surface area contributed by atoms with Crippen LogP contribution in [0.15, 0.2) is 57.0 Å². The molecule has 2 aromatic carbocycles. The zero-order chi connectivity index (χ0) is 27.5. The molecule has 12 heteroatoms. The number of carbonyl (C=O) groups is 2. The second kappa shape index (κ2) is 9.54. The summed E-state index contributed by atoms with van der Waals surface area (Å²) < 4.78 is 17.1. The zero-order valence-electron chi connectivity index (χ0n) is 21.4. The van der Waals surface area contributed by atoms with E-state index in [0.29, 0.717) is 43.0 Å². The number of ether oxygens (including phenoxy) is 2. The Kier molecular flexibility index (Phi) is 6.28. The number of thioether (sulfide) groups is 2. The lowest BCUT2D eigenvalue weighted by molar-refractivity contribution is -0.116. The maximum Gasteiger partial charge on any atom is 0.277 e. The topological polar surface area (TPSA) is 107 Å². The van der Waals surface area contributed by atoms with Crippen LogP contribution in [0.25, 0.3) is 22.6 Å². The van der Waals surface area contributed by atoms with E-state index in [0.717, 1.165) is 39.9 Å². The van der Waals surface area contributed by atoms with Crippen LogP contribution in [0.4, 0.5) is 5.69 Å². The van der Waals surface area contributed by atoms with Gasteiger partial charge in [0.15, 0.2) is 0 Å². The predicted molar refractivity (Wildman–Crippen MR) is 155 cm³/mol. The molecule has 0 saturated carbocycles. The Morgan fingerprint density at radius 2 is 1.79 bits per heavy atom. The first-order valence-electron chi connectivity index (χ1n) is 11.9. The van der Waals surface area contributed by atoms with Gasteiger partial charge >= 0.3 is 0 Å². The van der Waals surface area contributed by atoms with Crippen molar-refractivity contribution in [1.29, 1.82) is 0 Å². The van der Waals surface area contributed by atoms with Crippen LogP contribution in [-0.4, -0.2) is 51.8 Å². The van der Waals surface area contributed by atoms with Crippen molar-refractivity contribution in [3.63, 3.8) is 0 Å². The minimum absolute atomic E-state index is 0.240. The third kappa shape index (κ3) is 4.32. The molecular formula is C27H22N4O5S3. The van der Waals surface area contributed by atoms with E-state index < -0.39 is 5.54 Å². The average Bonchev–Trinajstić information content (AvgIpc) is 3.60. The lowest BCUT2D eigenvalue weighted by atomic mass is 9.88. The van der Waals surface area contributed by atoms with Crippen LogP contribution in [-0.2, 0) is 9.59 Å². The van der Waals surface area contributed by atoms with Crippen LogP contribution >= 0.6 is 35.7 Å². The molecule has 3 aromatic rings. The van der Waals surface area contributed by atoms with Crippen LogP contribution in [0.3, 0.4) is 0 Å². The van der Waals surface area contributed by atoms with Gasteiger partial charge in [0.05, 0.1) is 35.9 Å². The Morgan fingerprint density at radius 1 is 1.08 bits per heavy atom. The van der Waals surface area contributed by atoms with E-state index in [1.165, 1.54) is 11.8 Å². The Balaban J connectivity index is 1.36. The first kappa shape index (κ1) is 25.7. The summed E-state index contributed by atoms with van der Waals surface area (Å²) in [6.45, 7) is 3.95. The summed E-state index contributed by atoms with van der Waals surface area (Å²) in [5, 5.41) is 11.5. The fraction of sp³-hybridized carbons (Fsp3) is 0.222. The minimum Gasteiger partial charge on any atom is -0.497 e. The summed E-state index contributed by atoms with van der Waals surface area (Å²) in [4.78, 5) is 28.5. The van der Waals surface area contributed by atoms with Crippen molar-refractivity contribution in [2.24, 2.45) is 0 Å². The number of methoxy groups -OCH3 is 2. The summed E-state index contributed by atoms with van der Waals surface area (Å²) in [6, 6.07) is 11.1. The quantitative estimate of drug-likeness (QED) is 0.246. The average molecular weight is 579 g/mol. The molecule has 0 spiro atoms. The van der Waals surface area contributed by atoms with Gasteiger partial charge in [-0.25, -0.2) is 0 Å². The van der Waals surface area contributed by atoms with Crippen molar-refractivity contribution in [1.82, 2.24) is 15.5 Å². The van der Waals surface area contributed by atoms with E-state index in [-0.39, 0.29) is 11.8 Å². The molecule has 198 valence electrons. The van der Waals surface area contributed by atoms with Gasteiger partial charge in [0.25, 0.3) is 17.0 Å². The van der Waals surface area contributed by atoms with Gasteiger partial charge in [-0.1, -0.05) is 41.8 Å². The number of aromatic nitrogens is 2. The summed E-state index contributed by atoms with van der Waals surface area (Å²) in [6.07, 6.45) is 2.06. The van der Waals surface area contributed by atoms with E-state index >= 15 is 0 Å². The molecule has 0 aliphatic carbocycles. The van der Waals surface area contributed by atoms with Gasteiger partial charge in [0, 0.05) is 22.4 Å². The number of nitrogens with one attached hydrogen (secondary N) is 1. The standard InChI is InChI=1S/C27H22N4O5S3/c1-27(2)11-14(12-38-25-30-29-23(36-25)13-5-7-15(34-3)8-6-13)17-9-16(35-4)10-18-19(24(33)31(27)20(17)18)21-22(32)28-26(37)39-21/h5-11H,12H2,1-4H3,(H,28,32,37)/b21-19-. The molecule has 0 radical (unpaired) electrons. The zero-order valence-corrected chi connectivity index (χ0v) is 23.8. The predicted octanol–water partition coefficient (Wildman–Crippen LogP) is 4.93. The Bertz CT molecular complexity index is 1620. The molecular weight excluding hydrogens is 557 g/mol. The van der Waals surface area contributed by atoms with Crippen molar-refractivity contribution in [2.45, 2.75) is 24.6 Å². The van der Waals surface area contributed by atoms with E-state index in [9.17, 15) is 9.59 Å². The lowest BCUT2D eigenvalue weighted by Crippen LogP contribution is -2.46. The number of benzene rings is 2. The number of anilines is 1. The molecule has 4 heterocycles. The third-order valence-corrected chi connectivity index (χ3v) is 8.72. The Morgan fingerprint density at radius 3 is 2.46 bits per heavy atom. The highest BCUT2D eigenvalue weighted by Gasteiger charge is 2.48. The van der Waals surface area contributed by atoms with Crippen molar-refractivity contribution in [3.8, 4) is 23.0 Å². The molecule has 0 bridgehead atoms. The van der Waals surface area contributed by atoms with Gasteiger partial charge in [0.2, 0.25) is 5.89 Å². The van der Waals surface area contributed by atoms with Crippen LogP contribution in [0.2, 0.25) is 0 Å². The highest BCUT2D eigenvalue weighted by Crippen LogP contribution is 2.53. The fourth-order valence-corrected chi connectivity index (χ4v) is 6.79. The summed E-state index contributed by atoms with van der Waals surface area (Å²) in [5.41, 5.74) is 3.71. The number of hydrogen-bond donors (Lipinski definition) is 1. The first-order chi connectivity index (χ1) is 18.7. The van der Waals surface area contributed by atoms with Crippen LogP contribution in [0, 0.1) is 0 Å². The van der Waals surface area contributed by atoms with Crippen LogP contribution in [0.1, 0.15) is 25.0 Å². The van der Waals surface area contributed by atoms with Crippen molar-refractivity contribution in [2.75, 3.05) is 24.9 Å². The number of carbonyl (C=O) groups excluding carboxylic acids is 2. The fourth-order valence-electron chi connectivity index (χ4n) is 4.92. The number of rotatable bonds is 6. The smallest absolute Gasteiger partial charge is 0.277 e.